The van der Waals surface area contributed by atoms with Crippen LogP contribution in [0.15, 0.2) is 47.4 Å². The van der Waals surface area contributed by atoms with Gasteiger partial charge in [-0.05, 0) is 82.8 Å². The van der Waals surface area contributed by atoms with E-state index in [1.165, 1.54) is 17.3 Å². The van der Waals surface area contributed by atoms with Crippen molar-refractivity contribution in [2.24, 2.45) is 5.92 Å². The summed E-state index contributed by atoms with van der Waals surface area (Å²) in [5.41, 5.74) is 1.34. The molecule has 2 atom stereocenters. The smallest absolute Gasteiger partial charge is 0.308 e. The zero-order chi connectivity index (χ0) is 22.5. The summed E-state index contributed by atoms with van der Waals surface area (Å²) >= 11 is 6.16. The normalized spacial score (nSPS) is 28.4. The molecule has 1 aliphatic carbocycles. The summed E-state index contributed by atoms with van der Waals surface area (Å²) in [5, 5.41) is 0.574. The van der Waals surface area contributed by atoms with E-state index in [0.29, 0.717) is 35.9 Å². The van der Waals surface area contributed by atoms with Gasteiger partial charge in [-0.15, -0.1) is 0 Å². The summed E-state index contributed by atoms with van der Waals surface area (Å²) in [5.74, 6) is -0.102. The van der Waals surface area contributed by atoms with Gasteiger partial charge in [0.25, 0.3) is 5.91 Å². The van der Waals surface area contributed by atoms with Gasteiger partial charge in [-0.1, -0.05) is 17.7 Å². The first-order valence-electron chi connectivity index (χ1n) is 11.3. The Bertz CT molecular complexity index is 958. The van der Waals surface area contributed by atoms with Gasteiger partial charge in [0.2, 0.25) is 6.23 Å². The van der Waals surface area contributed by atoms with Crippen LogP contribution < -0.4 is 0 Å². The third-order valence-corrected chi connectivity index (χ3v) is 6.53. The molecule has 0 spiro atoms. The molecule has 7 nitrogen and oxygen atoms in total. The number of hydrogen-bond donors (Lipinski definition) is 0. The first kappa shape index (κ1) is 22.7. The Morgan fingerprint density at radius 3 is 2.94 bits per heavy atom. The zero-order valence-corrected chi connectivity index (χ0v) is 19.1. The highest BCUT2D eigenvalue weighted by Crippen LogP contribution is 2.37. The van der Waals surface area contributed by atoms with Crippen LogP contribution >= 0.6 is 11.6 Å². The lowest BCUT2D eigenvalue weighted by Crippen LogP contribution is -2.31. The van der Waals surface area contributed by atoms with Gasteiger partial charge in [-0.3, -0.25) is 19.5 Å². The highest BCUT2D eigenvalue weighted by molar-refractivity contribution is 6.31. The minimum absolute atomic E-state index is 0.227. The monoisotopic (exact) mass is 456 g/mol. The molecule has 1 aromatic rings. The summed E-state index contributed by atoms with van der Waals surface area (Å²) in [6.07, 6.45) is 15.3. The van der Waals surface area contributed by atoms with Gasteiger partial charge in [0.1, 0.15) is 5.69 Å². The first-order chi connectivity index (χ1) is 15.5. The number of fused-ring (bicyclic) bond motifs is 1. The number of allylic oxidation sites excluding steroid dienone is 6. The van der Waals surface area contributed by atoms with Gasteiger partial charge >= 0.3 is 5.97 Å². The van der Waals surface area contributed by atoms with Crippen LogP contribution in [0.1, 0.15) is 67.4 Å². The van der Waals surface area contributed by atoms with Crippen LogP contribution in [0.2, 0.25) is 0 Å². The minimum Gasteiger partial charge on any atom is -0.435 e. The highest BCUT2D eigenvalue weighted by Gasteiger charge is 2.43. The third kappa shape index (κ3) is 5.27. The maximum atomic E-state index is 13.2. The molecule has 1 fully saturated rings. The minimum atomic E-state index is -0.902. The Hall–Kier alpha value is -2.51. The van der Waals surface area contributed by atoms with E-state index in [4.69, 9.17) is 16.3 Å². The van der Waals surface area contributed by atoms with Crippen LogP contribution in [0.4, 0.5) is 0 Å². The van der Waals surface area contributed by atoms with Crippen LogP contribution in [0.3, 0.4) is 0 Å². The second kappa shape index (κ2) is 10.4. The van der Waals surface area contributed by atoms with E-state index >= 15 is 0 Å². The van der Waals surface area contributed by atoms with Gasteiger partial charge in [-0.25, -0.2) is 4.98 Å². The molecular weight excluding hydrogens is 428 g/mol. The fraction of sp³-hybridized carbons (Fsp3) is 0.500. The average Bonchev–Trinajstić information content (AvgIpc) is 2.90. The third-order valence-electron chi connectivity index (χ3n) is 6.28. The zero-order valence-electron chi connectivity index (χ0n) is 18.4. The van der Waals surface area contributed by atoms with Crippen LogP contribution in [-0.2, 0) is 9.53 Å². The van der Waals surface area contributed by atoms with Gasteiger partial charge in [-0.2, -0.15) is 0 Å². The van der Waals surface area contributed by atoms with Crippen molar-refractivity contribution in [2.45, 2.75) is 51.2 Å². The second-order valence-corrected chi connectivity index (χ2v) is 9.03. The summed E-state index contributed by atoms with van der Waals surface area (Å²) in [4.78, 5) is 38.4. The van der Waals surface area contributed by atoms with Crippen LogP contribution in [0, 0.1) is 5.92 Å². The van der Waals surface area contributed by atoms with E-state index < -0.39 is 6.23 Å². The molecule has 4 rings (SSSR count). The molecule has 3 heterocycles. The molecule has 1 amide bonds. The summed E-state index contributed by atoms with van der Waals surface area (Å²) in [6.45, 7) is 2.17. The predicted molar refractivity (Wildman–Crippen MR) is 121 cm³/mol. The van der Waals surface area contributed by atoms with E-state index in [1.54, 1.807) is 12.2 Å². The average molecular weight is 457 g/mol. The maximum absolute atomic E-state index is 13.2. The number of nitrogens with zero attached hydrogens (tertiary/aromatic N) is 4. The molecule has 3 aliphatic rings. The van der Waals surface area contributed by atoms with Crippen molar-refractivity contribution in [3.8, 4) is 0 Å². The number of halogens is 1. The largest absolute Gasteiger partial charge is 0.435 e. The Balaban J connectivity index is 1.49. The fourth-order valence-electron chi connectivity index (χ4n) is 4.47. The molecule has 32 heavy (non-hydrogen) atoms. The SMILES string of the molecule is CN1CCCC(CCC(=O)O[C@H]2c3nccnc3C(=O)N2/C2=C/C=C(Cl)\C=C/CC2)CC1. The molecule has 0 aromatic carbocycles. The molecule has 1 unspecified atom stereocenters. The quantitative estimate of drug-likeness (QED) is 0.613. The maximum Gasteiger partial charge on any atom is 0.308 e. The van der Waals surface area contributed by atoms with E-state index in [-0.39, 0.29) is 17.6 Å². The molecule has 1 saturated heterocycles. The van der Waals surface area contributed by atoms with Gasteiger partial charge < -0.3 is 9.64 Å². The van der Waals surface area contributed by atoms with Crippen LogP contribution in [0.25, 0.3) is 0 Å². The van der Waals surface area contributed by atoms with Crippen LogP contribution in [-0.4, -0.2) is 51.8 Å². The fourth-order valence-corrected chi connectivity index (χ4v) is 4.62. The molecular formula is C24H29ClN4O3. The number of rotatable bonds is 5. The summed E-state index contributed by atoms with van der Waals surface area (Å²) < 4.78 is 5.86. The van der Waals surface area contributed by atoms with Crippen molar-refractivity contribution in [1.29, 1.82) is 0 Å². The number of carbonyl (C=O) groups excluding carboxylic acids is 2. The molecule has 170 valence electrons. The number of hydrogen-bond acceptors (Lipinski definition) is 6. The van der Waals surface area contributed by atoms with E-state index in [1.807, 2.05) is 12.2 Å². The number of amides is 1. The lowest BCUT2D eigenvalue weighted by Gasteiger charge is -2.27. The predicted octanol–water partition coefficient (Wildman–Crippen LogP) is 4.34. The Morgan fingerprint density at radius 1 is 1.22 bits per heavy atom. The van der Waals surface area contributed by atoms with Crippen molar-refractivity contribution in [1.82, 2.24) is 19.8 Å². The molecule has 0 radical (unpaired) electrons. The molecule has 0 saturated carbocycles. The molecule has 1 aromatic heterocycles. The second-order valence-electron chi connectivity index (χ2n) is 8.60. The van der Waals surface area contributed by atoms with Gasteiger partial charge in [0.15, 0.2) is 5.69 Å². The van der Waals surface area contributed by atoms with Crippen molar-refractivity contribution < 1.29 is 14.3 Å². The number of aromatic nitrogens is 2. The summed E-state index contributed by atoms with van der Waals surface area (Å²) in [6, 6.07) is 0. The van der Waals surface area contributed by atoms with Crippen molar-refractivity contribution >= 4 is 23.5 Å². The lowest BCUT2D eigenvalue weighted by atomic mass is 9.95. The molecule has 8 heteroatoms. The number of likely N-dealkylation sites (tertiary alicyclic amines) is 1. The standard InChI is InChI=1S/C24H29ClN4O3/c1-28-15-4-5-17(12-16-28)8-11-20(30)32-24-22-21(26-13-14-27-22)23(31)29(24)19-7-3-2-6-18(25)9-10-19/h2,6,9-10,13-14,17,24H,3-5,7-8,11-12,15-16H2,1H3/b6-2-,18-9+,19-10+/t17?,24-/m0/s1. The van der Waals surface area contributed by atoms with E-state index in [2.05, 4.69) is 21.9 Å². The number of esters is 1. The number of carbonyl (C=O) groups is 2. The van der Waals surface area contributed by atoms with E-state index in [9.17, 15) is 9.59 Å². The molecule has 0 bridgehead atoms. The first-order valence-corrected chi connectivity index (χ1v) is 11.7. The van der Waals surface area contributed by atoms with Gasteiger partial charge in [0, 0.05) is 29.5 Å². The van der Waals surface area contributed by atoms with Crippen molar-refractivity contribution in [3.05, 3.63) is 58.8 Å². The van der Waals surface area contributed by atoms with Crippen molar-refractivity contribution in [3.63, 3.8) is 0 Å². The molecule has 0 N–H and O–H groups in total. The number of ether oxygens (including phenoxy) is 1. The Kier molecular flexibility index (Phi) is 7.37. The van der Waals surface area contributed by atoms with E-state index in [0.717, 1.165) is 44.5 Å². The Labute approximate surface area is 193 Å². The lowest BCUT2D eigenvalue weighted by molar-refractivity contribution is -0.156. The molecule has 2 aliphatic heterocycles. The van der Waals surface area contributed by atoms with Gasteiger partial charge in [0.05, 0.1) is 0 Å². The topological polar surface area (TPSA) is 75.6 Å². The summed E-state index contributed by atoms with van der Waals surface area (Å²) in [7, 11) is 2.14. The highest BCUT2D eigenvalue weighted by atomic mass is 35.5. The Morgan fingerprint density at radius 2 is 2.06 bits per heavy atom. The van der Waals surface area contributed by atoms with Crippen LogP contribution in [0.5, 0.6) is 0 Å². The van der Waals surface area contributed by atoms with Crippen molar-refractivity contribution in [2.75, 3.05) is 20.1 Å².